The molecule has 2 rings (SSSR count). The maximum Gasteiger partial charge on any atom is 0.0249 e. The molecular formula is C13H26N2. The van der Waals surface area contributed by atoms with E-state index in [1.165, 1.54) is 38.6 Å². The smallest absolute Gasteiger partial charge is 0.0249 e. The van der Waals surface area contributed by atoms with Gasteiger partial charge in [-0.3, -0.25) is 4.90 Å². The first-order valence-corrected chi connectivity index (χ1v) is 6.70. The molecular weight excluding hydrogens is 184 g/mol. The number of hydrogen-bond acceptors (Lipinski definition) is 2. The Morgan fingerprint density at radius 1 is 1.20 bits per heavy atom. The molecule has 1 aliphatic carbocycles. The van der Waals surface area contributed by atoms with Gasteiger partial charge in [0.15, 0.2) is 0 Å². The molecule has 2 aliphatic rings. The Bertz CT molecular complexity index is 201. The second-order valence-corrected chi connectivity index (χ2v) is 5.59. The van der Waals surface area contributed by atoms with Crippen molar-refractivity contribution in [3.8, 4) is 0 Å². The number of likely N-dealkylation sites (tertiary alicyclic amines) is 1. The third-order valence-electron chi connectivity index (χ3n) is 4.78. The summed E-state index contributed by atoms with van der Waals surface area (Å²) in [4.78, 5) is 2.71. The number of nitrogens with two attached hydrogens (primary N) is 1. The van der Waals surface area contributed by atoms with E-state index in [0.717, 1.165) is 24.4 Å². The van der Waals surface area contributed by atoms with Crippen molar-refractivity contribution in [2.24, 2.45) is 17.6 Å². The van der Waals surface area contributed by atoms with Crippen molar-refractivity contribution in [3.05, 3.63) is 0 Å². The second kappa shape index (κ2) is 4.84. The van der Waals surface area contributed by atoms with E-state index in [-0.39, 0.29) is 0 Å². The maximum atomic E-state index is 5.98. The predicted octanol–water partition coefficient (Wildman–Crippen LogP) is 2.23. The van der Waals surface area contributed by atoms with Crippen LogP contribution in [0.25, 0.3) is 0 Å². The highest BCUT2D eigenvalue weighted by Gasteiger charge is 2.35. The first kappa shape index (κ1) is 11.4. The molecule has 2 heteroatoms. The normalized spacial score (nSPS) is 36.2. The summed E-state index contributed by atoms with van der Waals surface area (Å²) < 4.78 is 0. The van der Waals surface area contributed by atoms with E-state index in [2.05, 4.69) is 18.7 Å². The Morgan fingerprint density at radius 2 is 1.93 bits per heavy atom. The minimum Gasteiger partial charge on any atom is -0.329 e. The summed E-state index contributed by atoms with van der Waals surface area (Å²) in [5.74, 6) is 1.76. The third kappa shape index (κ3) is 2.21. The molecule has 1 saturated heterocycles. The van der Waals surface area contributed by atoms with E-state index in [4.69, 9.17) is 5.73 Å². The molecule has 2 N–H and O–H groups in total. The molecule has 0 aromatic rings. The van der Waals surface area contributed by atoms with Gasteiger partial charge in [-0.15, -0.1) is 0 Å². The highest BCUT2D eigenvalue weighted by atomic mass is 15.2. The van der Waals surface area contributed by atoms with Crippen molar-refractivity contribution in [2.75, 3.05) is 13.1 Å². The lowest BCUT2D eigenvalue weighted by Gasteiger charge is -2.47. The van der Waals surface area contributed by atoms with Gasteiger partial charge in [0.25, 0.3) is 0 Å². The van der Waals surface area contributed by atoms with Gasteiger partial charge in [0.1, 0.15) is 0 Å². The largest absolute Gasteiger partial charge is 0.329 e. The van der Waals surface area contributed by atoms with Crippen LogP contribution in [0.3, 0.4) is 0 Å². The summed E-state index contributed by atoms with van der Waals surface area (Å²) in [5.41, 5.74) is 5.98. The van der Waals surface area contributed by atoms with Crippen LogP contribution in [0.4, 0.5) is 0 Å². The summed E-state index contributed by atoms with van der Waals surface area (Å²) in [7, 11) is 0. The summed E-state index contributed by atoms with van der Waals surface area (Å²) in [6.07, 6.45) is 7.03. The van der Waals surface area contributed by atoms with Crippen LogP contribution in [-0.4, -0.2) is 30.1 Å². The molecule has 0 radical (unpaired) electrons. The molecule has 0 bridgehead atoms. The van der Waals surface area contributed by atoms with Gasteiger partial charge in [-0.05, 0) is 51.0 Å². The van der Waals surface area contributed by atoms with Crippen molar-refractivity contribution in [3.63, 3.8) is 0 Å². The van der Waals surface area contributed by atoms with E-state index < -0.39 is 0 Å². The average Bonchev–Trinajstić information content (AvgIpc) is 2.16. The highest BCUT2D eigenvalue weighted by Crippen LogP contribution is 2.35. The van der Waals surface area contributed by atoms with Crippen LogP contribution >= 0.6 is 0 Å². The summed E-state index contributed by atoms with van der Waals surface area (Å²) in [5, 5.41) is 0. The standard InChI is InChI=1S/C13H26N2/c1-10-5-4-8-15(11(10)2)13(9-14)12-6-3-7-12/h10-13H,3-9,14H2,1-2H3. The fraction of sp³-hybridized carbons (Fsp3) is 1.00. The zero-order chi connectivity index (χ0) is 10.8. The quantitative estimate of drug-likeness (QED) is 0.774. The minimum absolute atomic E-state index is 0.677. The van der Waals surface area contributed by atoms with Gasteiger partial charge in [0.05, 0.1) is 0 Å². The monoisotopic (exact) mass is 210 g/mol. The van der Waals surface area contributed by atoms with Gasteiger partial charge in [0, 0.05) is 18.6 Å². The van der Waals surface area contributed by atoms with Gasteiger partial charge in [-0.2, -0.15) is 0 Å². The van der Waals surface area contributed by atoms with Crippen LogP contribution in [0.1, 0.15) is 46.0 Å². The topological polar surface area (TPSA) is 29.3 Å². The number of piperidine rings is 1. The van der Waals surface area contributed by atoms with Gasteiger partial charge in [0.2, 0.25) is 0 Å². The van der Waals surface area contributed by atoms with Crippen molar-refractivity contribution in [1.29, 1.82) is 0 Å². The highest BCUT2D eigenvalue weighted by molar-refractivity contribution is 4.90. The van der Waals surface area contributed by atoms with Crippen LogP contribution < -0.4 is 5.73 Å². The SMILES string of the molecule is CC1CCCN(C(CN)C2CCC2)C1C. The van der Waals surface area contributed by atoms with E-state index in [0.29, 0.717) is 6.04 Å². The average molecular weight is 210 g/mol. The van der Waals surface area contributed by atoms with Crippen molar-refractivity contribution in [2.45, 2.75) is 58.0 Å². The molecule has 2 nitrogen and oxygen atoms in total. The zero-order valence-corrected chi connectivity index (χ0v) is 10.3. The lowest BCUT2D eigenvalue weighted by Crippen LogP contribution is -2.55. The first-order chi connectivity index (χ1) is 7.24. The molecule has 15 heavy (non-hydrogen) atoms. The van der Waals surface area contributed by atoms with Crippen LogP contribution in [0.5, 0.6) is 0 Å². The number of hydrogen-bond donors (Lipinski definition) is 1. The number of rotatable bonds is 3. The second-order valence-electron chi connectivity index (χ2n) is 5.59. The molecule has 88 valence electrons. The summed E-state index contributed by atoms with van der Waals surface area (Å²) >= 11 is 0. The van der Waals surface area contributed by atoms with Gasteiger partial charge in [-0.1, -0.05) is 13.3 Å². The Hall–Kier alpha value is -0.0800. The van der Waals surface area contributed by atoms with Crippen LogP contribution in [0.15, 0.2) is 0 Å². The van der Waals surface area contributed by atoms with Crippen LogP contribution in [0, 0.1) is 11.8 Å². The summed E-state index contributed by atoms with van der Waals surface area (Å²) in [6, 6.07) is 1.42. The lowest BCUT2D eigenvalue weighted by molar-refractivity contribution is 0.0227. The van der Waals surface area contributed by atoms with E-state index >= 15 is 0 Å². The lowest BCUT2D eigenvalue weighted by atomic mass is 9.77. The van der Waals surface area contributed by atoms with Gasteiger partial charge in [-0.25, -0.2) is 0 Å². The molecule has 3 unspecified atom stereocenters. The number of nitrogens with zero attached hydrogens (tertiary/aromatic N) is 1. The Kier molecular flexibility index (Phi) is 3.68. The van der Waals surface area contributed by atoms with Crippen molar-refractivity contribution in [1.82, 2.24) is 4.90 Å². The minimum atomic E-state index is 0.677. The molecule has 0 aromatic heterocycles. The molecule has 0 spiro atoms. The Morgan fingerprint density at radius 3 is 2.47 bits per heavy atom. The van der Waals surface area contributed by atoms with Crippen LogP contribution in [0.2, 0.25) is 0 Å². The van der Waals surface area contributed by atoms with Crippen molar-refractivity contribution >= 4 is 0 Å². The van der Waals surface area contributed by atoms with Gasteiger partial charge < -0.3 is 5.73 Å². The fourth-order valence-electron chi connectivity index (χ4n) is 3.26. The summed E-state index contributed by atoms with van der Waals surface area (Å²) in [6.45, 7) is 6.93. The molecule has 0 amide bonds. The molecule has 3 atom stereocenters. The molecule has 1 saturated carbocycles. The van der Waals surface area contributed by atoms with Crippen LogP contribution in [-0.2, 0) is 0 Å². The molecule has 1 heterocycles. The first-order valence-electron chi connectivity index (χ1n) is 6.70. The molecule has 0 aromatic carbocycles. The zero-order valence-electron chi connectivity index (χ0n) is 10.3. The third-order valence-corrected chi connectivity index (χ3v) is 4.78. The predicted molar refractivity (Wildman–Crippen MR) is 64.7 cm³/mol. The Balaban J connectivity index is 1.98. The fourth-order valence-corrected chi connectivity index (χ4v) is 3.26. The van der Waals surface area contributed by atoms with Crippen molar-refractivity contribution < 1.29 is 0 Å². The van der Waals surface area contributed by atoms with E-state index in [9.17, 15) is 0 Å². The van der Waals surface area contributed by atoms with Gasteiger partial charge >= 0.3 is 0 Å². The van der Waals surface area contributed by atoms with E-state index in [1.807, 2.05) is 0 Å². The molecule has 2 fully saturated rings. The van der Waals surface area contributed by atoms with E-state index in [1.54, 1.807) is 0 Å². The Labute approximate surface area is 94.2 Å². The maximum absolute atomic E-state index is 5.98. The molecule has 1 aliphatic heterocycles.